The van der Waals surface area contributed by atoms with E-state index in [1.54, 1.807) is 0 Å². The summed E-state index contributed by atoms with van der Waals surface area (Å²) in [4.78, 5) is 0. The first-order chi connectivity index (χ1) is 49.6. The smallest absolute Gasteiger partial charge is 0.201 e. The molecule has 0 aliphatic heterocycles. The lowest BCUT2D eigenvalue weighted by atomic mass is 9.77. The Morgan fingerprint density at radius 1 is 0.317 bits per heavy atom. The minimum atomic E-state index is -0.651. The van der Waals surface area contributed by atoms with Gasteiger partial charge in [0.05, 0.1) is 0 Å². The zero-order valence-corrected chi connectivity index (χ0v) is 62.3. The molecule has 0 bridgehead atoms. The lowest BCUT2D eigenvalue weighted by Crippen LogP contribution is -2.30. The molecule has 1 unspecified atom stereocenters. The van der Waals surface area contributed by atoms with Crippen LogP contribution in [0.5, 0.6) is 0 Å². The van der Waals surface area contributed by atoms with Gasteiger partial charge in [-0.2, -0.15) is 0 Å². The molecule has 4 heteroatoms. The average Bonchev–Trinajstić information content (AvgIpc) is 1.78. The fourth-order valence-corrected chi connectivity index (χ4v) is 15.3. The fourth-order valence-electron chi connectivity index (χ4n) is 15.3. The quantitative estimate of drug-likeness (QED) is 0.108. The monoisotopic (exact) mass is 1330 g/mol. The highest BCUT2D eigenvalue weighted by molar-refractivity contribution is 5.74. The summed E-state index contributed by atoms with van der Waals surface area (Å²) in [5, 5.41) is 0. The molecule has 12 aromatic rings. The van der Waals surface area contributed by atoms with Crippen molar-refractivity contribution in [3.63, 3.8) is 0 Å². The summed E-state index contributed by atoms with van der Waals surface area (Å²) in [6.07, 6.45) is 23.9. The number of hydrogen-bond acceptors (Lipinski definition) is 0. The summed E-state index contributed by atoms with van der Waals surface area (Å²) < 4.78 is 26.4. The van der Waals surface area contributed by atoms with E-state index >= 15 is 0 Å². The Bertz CT molecular complexity index is 4880. The maximum Gasteiger partial charge on any atom is 0.213 e. The van der Waals surface area contributed by atoms with Crippen LogP contribution in [-0.2, 0) is 28.2 Å². The molecule has 1 atom stereocenters. The van der Waals surface area contributed by atoms with Crippen molar-refractivity contribution in [3.8, 4) is 89.5 Å². The molecule has 15 rings (SSSR count). The van der Waals surface area contributed by atoms with Crippen molar-refractivity contribution < 1.29 is 21.0 Å². The highest BCUT2D eigenvalue weighted by Gasteiger charge is 2.25. The number of aromatic nitrogens is 4. The van der Waals surface area contributed by atoms with Crippen LogP contribution in [0, 0.1) is 33.1 Å². The van der Waals surface area contributed by atoms with Crippen molar-refractivity contribution in [2.75, 3.05) is 0 Å². The molecule has 0 saturated heterocycles. The number of benzene rings is 8. The third-order valence-electron chi connectivity index (χ3n) is 22.0. The minimum absolute atomic E-state index is 0.138. The predicted octanol–water partition coefficient (Wildman–Crippen LogP) is 23.7. The van der Waals surface area contributed by atoms with E-state index in [1.165, 1.54) is 187 Å². The summed E-state index contributed by atoms with van der Waals surface area (Å²) in [5.74, 6) is 0.524. The van der Waals surface area contributed by atoms with Crippen molar-refractivity contribution in [1.82, 2.24) is 0 Å². The Morgan fingerprint density at radius 3 is 0.990 bits per heavy atom. The van der Waals surface area contributed by atoms with Gasteiger partial charge in [-0.05, 0) is 209 Å². The lowest BCUT2D eigenvalue weighted by Gasteiger charge is -2.28. The Kier molecular flexibility index (Phi) is 22.2. The molecule has 4 aromatic heterocycles. The third-order valence-corrected chi connectivity index (χ3v) is 22.0. The van der Waals surface area contributed by atoms with Crippen LogP contribution in [0.2, 0.25) is 0 Å². The van der Waals surface area contributed by atoms with Crippen LogP contribution in [0.3, 0.4) is 0 Å². The molecule has 3 aliphatic carbocycles. The fraction of sp³-hybridized carbons (Fsp3) is 0.299. The van der Waals surface area contributed by atoms with E-state index < -0.39 is 5.89 Å². The van der Waals surface area contributed by atoms with Gasteiger partial charge < -0.3 is 0 Å². The van der Waals surface area contributed by atoms with Crippen LogP contribution in [0.1, 0.15) is 176 Å². The Morgan fingerprint density at radius 2 is 0.624 bits per heavy atom. The molecule has 3 fully saturated rings. The van der Waals surface area contributed by atoms with Crippen LogP contribution < -0.4 is 18.3 Å². The molecular formula is C97H108N4+4. The van der Waals surface area contributed by atoms with Gasteiger partial charge in [0, 0.05) is 73.5 Å². The minimum Gasteiger partial charge on any atom is -0.201 e. The molecule has 101 heavy (non-hydrogen) atoms. The molecule has 512 valence electrons. The van der Waals surface area contributed by atoms with E-state index in [0.29, 0.717) is 0 Å². The second kappa shape index (κ2) is 32.8. The molecule has 0 amide bonds. The summed E-state index contributed by atoms with van der Waals surface area (Å²) in [5.41, 5.74) is 30.3. The van der Waals surface area contributed by atoms with Gasteiger partial charge in [-0.1, -0.05) is 236 Å². The zero-order valence-electron chi connectivity index (χ0n) is 64.3. The summed E-state index contributed by atoms with van der Waals surface area (Å²) in [7, 11) is 8.43. The van der Waals surface area contributed by atoms with Gasteiger partial charge in [0.25, 0.3) is 0 Å². The van der Waals surface area contributed by atoms with Crippen LogP contribution >= 0.6 is 0 Å². The van der Waals surface area contributed by atoms with Gasteiger partial charge in [-0.25, -0.2) is 18.3 Å². The van der Waals surface area contributed by atoms with E-state index in [-0.39, 0.29) is 11.3 Å². The van der Waals surface area contributed by atoms with Gasteiger partial charge in [0.15, 0.2) is 24.8 Å². The molecule has 8 aromatic carbocycles. The Balaban J connectivity index is 0.000000129. The van der Waals surface area contributed by atoms with Gasteiger partial charge >= 0.3 is 0 Å². The van der Waals surface area contributed by atoms with Crippen molar-refractivity contribution in [3.05, 3.63) is 312 Å². The second-order valence-corrected chi connectivity index (χ2v) is 30.0. The molecule has 3 saturated carbocycles. The Hall–Kier alpha value is -9.64. The molecule has 3 aliphatic rings. The molecular weight excluding hydrogens is 1220 g/mol. The first-order valence-corrected chi connectivity index (χ1v) is 37.3. The van der Waals surface area contributed by atoms with Crippen molar-refractivity contribution >= 4 is 0 Å². The number of pyridine rings is 4. The van der Waals surface area contributed by atoms with E-state index in [0.717, 1.165) is 35.8 Å². The number of rotatable bonds is 12. The first kappa shape index (κ1) is 68.5. The normalized spacial score (nSPS) is 15.2. The molecule has 0 N–H and O–H groups in total. The average molecular weight is 1330 g/mol. The van der Waals surface area contributed by atoms with E-state index in [2.05, 4.69) is 362 Å². The van der Waals surface area contributed by atoms with E-state index in [9.17, 15) is 0 Å². The van der Waals surface area contributed by atoms with Crippen molar-refractivity contribution in [2.45, 2.75) is 156 Å². The van der Waals surface area contributed by atoms with Crippen molar-refractivity contribution in [2.24, 2.45) is 33.6 Å². The SMILES string of the molecule is Cc1ccccc1-c1cc(-c2ccc(C3CCCC3)cc2)cc[n+]1C.Cc1ccccc1-c1cc(-c2cccc(C3CCCC3)c2)cc[n+]1C.[2H]C(C)(c1cccc(-c2cc[n+](C)c(-c3ccccc3C)c2)c1)C(C)(C)C.[2H]C1(c2ccc(-c3cc[n+](C)c(-c4ccccc4C)c3)cc2)CCCC1. The lowest BCUT2D eigenvalue weighted by molar-refractivity contribution is -0.660. The second-order valence-electron chi connectivity index (χ2n) is 30.0. The summed E-state index contributed by atoms with van der Waals surface area (Å²) >= 11 is 0. The van der Waals surface area contributed by atoms with Gasteiger partial charge in [-0.3, -0.25) is 0 Å². The zero-order chi connectivity index (χ0) is 72.4. The molecule has 0 radical (unpaired) electrons. The number of hydrogen-bond donors (Lipinski definition) is 0. The van der Waals surface area contributed by atoms with Gasteiger partial charge in [0.2, 0.25) is 22.8 Å². The topological polar surface area (TPSA) is 15.5 Å². The largest absolute Gasteiger partial charge is 0.213 e. The molecule has 4 heterocycles. The molecule has 0 spiro atoms. The van der Waals surface area contributed by atoms with Gasteiger partial charge in [-0.15, -0.1) is 0 Å². The van der Waals surface area contributed by atoms with Crippen LogP contribution in [0.25, 0.3) is 89.5 Å². The number of aryl methyl sites for hydroxylation is 8. The highest BCUT2D eigenvalue weighted by Crippen LogP contribution is 2.40. The summed E-state index contributed by atoms with van der Waals surface area (Å²) in [6.45, 7) is 17.1. The van der Waals surface area contributed by atoms with Crippen LogP contribution in [0.4, 0.5) is 0 Å². The third kappa shape index (κ3) is 17.4. The highest BCUT2D eigenvalue weighted by atomic mass is 14.9. The van der Waals surface area contributed by atoms with Crippen LogP contribution in [0.15, 0.2) is 267 Å². The predicted molar refractivity (Wildman–Crippen MR) is 424 cm³/mol. The Labute approximate surface area is 608 Å². The standard InChI is InChI=1S/C25H30N.3C24H26N/c1-18-10-7-8-13-23(18)24-17-22(14-15-26(24)6)21-12-9-11-20(16-21)19(2)25(3,4)5;1-18-8-3-6-13-23(18)24-17-22(14-15-25(24)2)21-12-7-11-20(16-21)19-9-4-5-10-19;2*1-18-7-3-6-10-23(18)24-17-22(15-16-25(24)2)21-13-11-20(12-14-21)19-8-4-5-9-19/h7-17,19H,1-6H3;3,6-8,11-17,19H,4-5,9-10H2,1-2H3;2*3,6-7,10-17,19H,4-5,8-9H2,1-2H3/q4*+1/i19D;;19D;. The summed E-state index contributed by atoms with van der Waals surface area (Å²) in [6, 6.07) is 87.8. The van der Waals surface area contributed by atoms with E-state index in [1.807, 2.05) is 6.92 Å². The van der Waals surface area contributed by atoms with Crippen molar-refractivity contribution in [1.29, 1.82) is 0 Å². The first-order valence-electron chi connectivity index (χ1n) is 38.3. The maximum absolute atomic E-state index is 8.91. The van der Waals surface area contributed by atoms with Gasteiger partial charge in [0.1, 0.15) is 28.2 Å². The van der Waals surface area contributed by atoms with E-state index in [4.69, 9.17) is 2.74 Å². The molecule has 4 nitrogen and oxygen atoms in total. The number of nitrogens with zero attached hydrogens (tertiary/aromatic N) is 4. The van der Waals surface area contributed by atoms with Crippen LogP contribution in [-0.4, -0.2) is 0 Å². The maximum atomic E-state index is 8.91.